The zero-order valence-electron chi connectivity index (χ0n) is 8.59. The summed E-state index contributed by atoms with van der Waals surface area (Å²) in [5.41, 5.74) is 7.59. The Bertz CT molecular complexity index is 440. The molecule has 0 spiro atoms. The molecule has 0 amide bonds. The van der Waals surface area contributed by atoms with Crippen LogP contribution in [0, 0.1) is 6.92 Å². The average molecular weight is 241 g/mol. The second-order valence-corrected chi connectivity index (χ2v) is 5.09. The van der Waals surface area contributed by atoms with E-state index in [2.05, 4.69) is 11.1 Å². The number of nitrogens with zero attached hydrogens (tertiary/aromatic N) is 1. The maximum Gasteiger partial charge on any atom is 0.0939 e. The minimum atomic E-state index is 0.718. The molecule has 2 aromatic rings. The number of aryl methyl sites for hydroxylation is 2. The molecule has 0 saturated heterocycles. The van der Waals surface area contributed by atoms with Crippen LogP contribution in [0.5, 0.6) is 0 Å². The van der Waals surface area contributed by atoms with E-state index in [-0.39, 0.29) is 0 Å². The number of rotatable bonds is 3. The second-order valence-electron chi connectivity index (χ2n) is 3.57. The van der Waals surface area contributed by atoms with Gasteiger partial charge in [0.1, 0.15) is 0 Å². The topological polar surface area (TPSA) is 38.9 Å². The van der Waals surface area contributed by atoms with Crippen LogP contribution in [0.3, 0.4) is 0 Å². The molecule has 0 aliphatic carbocycles. The van der Waals surface area contributed by atoms with Gasteiger partial charge in [-0.15, -0.1) is 11.3 Å². The van der Waals surface area contributed by atoms with E-state index in [4.69, 9.17) is 17.3 Å². The third-order valence-corrected chi connectivity index (χ3v) is 3.79. The minimum absolute atomic E-state index is 0.718. The van der Waals surface area contributed by atoms with Crippen LogP contribution >= 0.6 is 22.9 Å². The molecule has 80 valence electrons. The van der Waals surface area contributed by atoms with Crippen molar-refractivity contribution < 1.29 is 0 Å². The number of fused-ring (bicyclic) bond motifs is 1. The van der Waals surface area contributed by atoms with Crippen molar-refractivity contribution in [3.05, 3.63) is 27.7 Å². The van der Waals surface area contributed by atoms with Crippen molar-refractivity contribution in [1.82, 2.24) is 4.98 Å². The van der Waals surface area contributed by atoms with Gasteiger partial charge in [-0.1, -0.05) is 11.6 Å². The summed E-state index contributed by atoms with van der Waals surface area (Å²) >= 11 is 7.78. The highest BCUT2D eigenvalue weighted by atomic mass is 35.5. The molecule has 0 radical (unpaired) electrons. The molecule has 2 rings (SSSR count). The van der Waals surface area contributed by atoms with Crippen molar-refractivity contribution in [1.29, 1.82) is 0 Å². The van der Waals surface area contributed by atoms with Crippen molar-refractivity contribution >= 4 is 33.2 Å². The van der Waals surface area contributed by atoms with Gasteiger partial charge in [0.2, 0.25) is 0 Å². The van der Waals surface area contributed by atoms with Crippen LogP contribution in [0.4, 0.5) is 0 Å². The molecule has 0 aliphatic heterocycles. The van der Waals surface area contributed by atoms with Crippen LogP contribution in [-0.4, -0.2) is 11.5 Å². The SMILES string of the molecule is Cc1cc2sc(CCCN)nc2cc1Cl. The minimum Gasteiger partial charge on any atom is -0.330 e. The number of halogens is 1. The van der Waals surface area contributed by atoms with Crippen LogP contribution in [0.25, 0.3) is 10.2 Å². The third kappa shape index (κ3) is 2.30. The van der Waals surface area contributed by atoms with Gasteiger partial charge in [-0.2, -0.15) is 0 Å². The molecule has 0 unspecified atom stereocenters. The van der Waals surface area contributed by atoms with E-state index >= 15 is 0 Å². The predicted molar refractivity (Wildman–Crippen MR) is 66.7 cm³/mol. The van der Waals surface area contributed by atoms with Gasteiger partial charge in [0, 0.05) is 11.4 Å². The van der Waals surface area contributed by atoms with Gasteiger partial charge in [-0.05, 0) is 37.6 Å². The van der Waals surface area contributed by atoms with Gasteiger partial charge in [-0.3, -0.25) is 0 Å². The molecular weight excluding hydrogens is 228 g/mol. The summed E-state index contributed by atoms with van der Waals surface area (Å²) in [6.45, 7) is 2.73. The quantitative estimate of drug-likeness (QED) is 0.895. The van der Waals surface area contributed by atoms with Gasteiger partial charge in [0.25, 0.3) is 0 Å². The number of nitrogens with two attached hydrogens (primary N) is 1. The van der Waals surface area contributed by atoms with Gasteiger partial charge in [-0.25, -0.2) is 4.98 Å². The molecule has 1 aromatic carbocycles. The summed E-state index contributed by atoms with van der Waals surface area (Å²) in [6, 6.07) is 4.04. The molecule has 2 nitrogen and oxygen atoms in total. The van der Waals surface area contributed by atoms with Crippen LogP contribution < -0.4 is 5.73 Å². The molecule has 0 aliphatic rings. The summed E-state index contributed by atoms with van der Waals surface area (Å²) in [7, 11) is 0. The molecule has 0 saturated carbocycles. The fraction of sp³-hybridized carbons (Fsp3) is 0.364. The Morgan fingerprint density at radius 3 is 3.00 bits per heavy atom. The van der Waals surface area contributed by atoms with E-state index in [9.17, 15) is 0 Å². The summed E-state index contributed by atoms with van der Waals surface area (Å²) in [5, 5.41) is 1.94. The van der Waals surface area contributed by atoms with Gasteiger partial charge < -0.3 is 5.73 Å². The number of thiazole rings is 1. The normalized spacial score (nSPS) is 11.1. The molecule has 2 N–H and O–H groups in total. The molecule has 4 heteroatoms. The number of benzene rings is 1. The van der Waals surface area contributed by atoms with E-state index in [1.54, 1.807) is 11.3 Å². The Labute approximate surface area is 98.1 Å². The van der Waals surface area contributed by atoms with Crippen LogP contribution in [0.1, 0.15) is 17.0 Å². The third-order valence-electron chi connectivity index (χ3n) is 2.31. The van der Waals surface area contributed by atoms with Crippen LogP contribution in [0.2, 0.25) is 5.02 Å². The zero-order chi connectivity index (χ0) is 10.8. The first-order valence-corrected chi connectivity index (χ1v) is 6.16. The standard InChI is InChI=1S/C11H13ClN2S/c1-7-5-10-9(6-8(7)12)14-11(15-10)3-2-4-13/h5-6H,2-4,13H2,1H3. The van der Waals surface area contributed by atoms with Gasteiger partial charge in [0.05, 0.1) is 15.2 Å². The first-order valence-electron chi connectivity index (χ1n) is 4.96. The zero-order valence-corrected chi connectivity index (χ0v) is 10.2. The fourth-order valence-electron chi connectivity index (χ4n) is 1.46. The predicted octanol–water partition coefficient (Wildman–Crippen LogP) is 3.15. The van der Waals surface area contributed by atoms with E-state index < -0.39 is 0 Å². The summed E-state index contributed by atoms with van der Waals surface area (Å²) in [6.07, 6.45) is 1.96. The molecule has 1 heterocycles. The average Bonchev–Trinajstić information content (AvgIpc) is 2.58. The Hall–Kier alpha value is -0.640. The largest absolute Gasteiger partial charge is 0.330 e. The number of hydrogen-bond donors (Lipinski definition) is 1. The number of hydrogen-bond acceptors (Lipinski definition) is 3. The maximum atomic E-state index is 6.05. The highest BCUT2D eigenvalue weighted by Gasteiger charge is 2.05. The van der Waals surface area contributed by atoms with Crippen LogP contribution in [0.15, 0.2) is 12.1 Å². The van der Waals surface area contributed by atoms with Gasteiger partial charge in [0.15, 0.2) is 0 Å². The lowest BCUT2D eigenvalue weighted by Crippen LogP contribution is -1.99. The van der Waals surface area contributed by atoms with Crippen molar-refractivity contribution in [2.45, 2.75) is 19.8 Å². The Morgan fingerprint density at radius 2 is 2.27 bits per heavy atom. The Balaban J connectivity index is 2.38. The van der Waals surface area contributed by atoms with Crippen LogP contribution in [-0.2, 0) is 6.42 Å². The first-order chi connectivity index (χ1) is 7.20. The lowest BCUT2D eigenvalue weighted by atomic mass is 10.2. The maximum absolute atomic E-state index is 6.05. The Morgan fingerprint density at radius 1 is 1.47 bits per heavy atom. The fourth-order valence-corrected chi connectivity index (χ4v) is 2.70. The first kappa shape index (κ1) is 10.9. The van der Waals surface area contributed by atoms with Gasteiger partial charge >= 0.3 is 0 Å². The van der Waals surface area contributed by atoms with Crippen molar-refractivity contribution in [2.24, 2.45) is 5.73 Å². The summed E-state index contributed by atoms with van der Waals surface area (Å²) in [4.78, 5) is 4.53. The van der Waals surface area contributed by atoms with E-state index in [1.165, 1.54) is 4.70 Å². The highest BCUT2D eigenvalue weighted by Crippen LogP contribution is 2.28. The van der Waals surface area contributed by atoms with E-state index in [0.29, 0.717) is 0 Å². The lowest BCUT2D eigenvalue weighted by Gasteiger charge is -1.94. The lowest BCUT2D eigenvalue weighted by molar-refractivity contribution is 0.828. The second kappa shape index (κ2) is 4.47. The van der Waals surface area contributed by atoms with Crippen molar-refractivity contribution in [3.63, 3.8) is 0 Å². The molecule has 1 aromatic heterocycles. The van der Waals surface area contributed by atoms with E-state index in [0.717, 1.165) is 40.5 Å². The molecule has 15 heavy (non-hydrogen) atoms. The summed E-state index contributed by atoms with van der Waals surface area (Å²) in [5.74, 6) is 0. The Kier molecular flexibility index (Phi) is 3.24. The molecule has 0 atom stereocenters. The van der Waals surface area contributed by atoms with E-state index in [1.807, 2.05) is 13.0 Å². The van der Waals surface area contributed by atoms with Crippen molar-refractivity contribution in [3.8, 4) is 0 Å². The number of aromatic nitrogens is 1. The monoisotopic (exact) mass is 240 g/mol. The summed E-state index contributed by atoms with van der Waals surface area (Å²) < 4.78 is 1.21. The smallest absolute Gasteiger partial charge is 0.0939 e. The molecular formula is C11H13ClN2S. The molecule has 0 bridgehead atoms. The van der Waals surface area contributed by atoms with Crippen molar-refractivity contribution in [2.75, 3.05) is 6.54 Å². The molecule has 0 fully saturated rings. The highest BCUT2D eigenvalue weighted by molar-refractivity contribution is 7.18.